The number of para-hydroxylation sites is 2. The van der Waals surface area contributed by atoms with E-state index in [0.717, 1.165) is 11.4 Å². The van der Waals surface area contributed by atoms with Gasteiger partial charge in [-0.3, -0.25) is 0 Å². The summed E-state index contributed by atoms with van der Waals surface area (Å²) in [5.41, 5.74) is 28.0. The number of benzene rings is 11. The van der Waals surface area contributed by atoms with Gasteiger partial charge >= 0.3 is 0 Å². The minimum atomic E-state index is -0.122. The highest BCUT2D eigenvalue weighted by molar-refractivity contribution is 7.00. The fraction of sp³-hybridized carbons (Fsp3) is 0.108. The summed E-state index contributed by atoms with van der Waals surface area (Å²) in [5, 5.41) is 0. The van der Waals surface area contributed by atoms with E-state index in [2.05, 4.69) is 312 Å². The first-order valence-electron chi connectivity index (χ1n) is 27.2. The Kier molecular flexibility index (Phi) is 11.8. The van der Waals surface area contributed by atoms with Crippen LogP contribution in [0.15, 0.2) is 261 Å². The second-order valence-electron chi connectivity index (χ2n) is 22.9. The third kappa shape index (κ3) is 8.48. The Morgan fingerprint density at radius 1 is 0.247 bits per heavy atom. The second kappa shape index (κ2) is 19.0. The van der Waals surface area contributed by atoms with Crippen molar-refractivity contribution in [1.29, 1.82) is 0 Å². The van der Waals surface area contributed by atoms with Crippen LogP contribution in [0.1, 0.15) is 52.7 Å². The maximum absolute atomic E-state index is 2.56. The van der Waals surface area contributed by atoms with E-state index in [4.69, 9.17) is 0 Å². The summed E-state index contributed by atoms with van der Waals surface area (Å²) in [6.45, 7) is 13.6. The number of rotatable bonds is 8. The number of anilines is 6. The van der Waals surface area contributed by atoms with Gasteiger partial charge in [-0.05, 0) is 130 Å². The maximum atomic E-state index is 2.56. The third-order valence-corrected chi connectivity index (χ3v) is 16.0. The molecule has 0 aliphatic carbocycles. The lowest BCUT2D eigenvalue weighted by Crippen LogP contribution is -2.61. The molecule has 0 saturated heterocycles. The van der Waals surface area contributed by atoms with Crippen LogP contribution >= 0.6 is 0 Å². The van der Waals surface area contributed by atoms with E-state index in [1.165, 1.54) is 117 Å². The molecule has 0 saturated carbocycles. The summed E-state index contributed by atoms with van der Waals surface area (Å²) in [5.74, 6) is 0. The summed E-state index contributed by atoms with van der Waals surface area (Å²) >= 11 is 0. The number of hydrogen-bond donors (Lipinski definition) is 0. The predicted octanol–water partition coefficient (Wildman–Crippen LogP) is 18.4. The summed E-state index contributed by atoms with van der Waals surface area (Å²) in [6, 6.07) is 97.5. The molecule has 0 N–H and O–H groups in total. The van der Waals surface area contributed by atoms with E-state index in [1.807, 2.05) is 0 Å². The zero-order valence-electron chi connectivity index (χ0n) is 44.8. The Morgan fingerprint density at radius 3 is 0.922 bits per heavy atom. The SMILES string of the molecule is CC(C)(C)c1ccc(-c2ccccc2-c2ccc3c(c2)B2c4cc(-c5ccccc5-c5ccc(C(C)(C)C)cc5)ccc4N(c4ccccc4-c4ccccc4)c4cccc(c42)N3c2ccccc2-c2ccccc2)cc1. The monoisotopic (exact) mass is 988 g/mol. The highest BCUT2D eigenvalue weighted by Crippen LogP contribution is 2.49. The van der Waals surface area contributed by atoms with Crippen molar-refractivity contribution in [3.63, 3.8) is 0 Å². The third-order valence-electron chi connectivity index (χ3n) is 16.0. The highest BCUT2D eigenvalue weighted by Gasteiger charge is 2.44. The summed E-state index contributed by atoms with van der Waals surface area (Å²) in [4.78, 5) is 5.11. The van der Waals surface area contributed by atoms with E-state index in [9.17, 15) is 0 Å². The molecular formula is C74H61BN2. The average Bonchev–Trinajstić information content (AvgIpc) is 3.66. The largest absolute Gasteiger partial charge is 0.311 e. The Hall–Kier alpha value is -8.92. The molecule has 11 aromatic rings. The van der Waals surface area contributed by atoms with Crippen molar-refractivity contribution in [2.75, 3.05) is 9.80 Å². The van der Waals surface area contributed by atoms with Crippen LogP contribution in [0.4, 0.5) is 34.1 Å². The van der Waals surface area contributed by atoms with Crippen molar-refractivity contribution in [1.82, 2.24) is 0 Å². The molecule has 3 heteroatoms. The topological polar surface area (TPSA) is 6.48 Å². The summed E-state index contributed by atoms with van der Waals surface area (Å²) in [6.07, 6.45) is 0. The molecule has 2 aliphatic heterocycles. The molecule has 0 amide bonds. The smallest absolute Gasteiger partial charge is 0.252 e. The van der Waals surface area contributed by atoms with Crippen molar-refractivity contribution in [3.8, 4) is 66.8 Å². The minimum absolute atomic E-state index is 0.0613. The quantitative estimate of drug-likeness (QED) is 0.140. The molecule has 370 valence electrons. The number of hydrogen-bond acceptors (Lipinski definition) is 2. The van der Waals surface area contributed by atoms with E-state index in [0.29, 0.717) is 0 Å². The van der Waals surface area contributed by atoms with Crippen LogP contribution in [-0.4, -0.2) is 6.71 Å². The molecule has 0 bridgehead atoms. The van der Waals surface area contributed by atoms with Crippen LogP contribution in [0.25, 0.3) is 66.8 Å². The Labute approximate surface area is 455 Å². The molecule has 0 spiro atoms. The fourth-order valence-electron chi connectivity index (χ4n) is 12.1. The number of nitrogens with zero attached hydrogens (tertiary/aromatic N) is 2. The summed E-state index contributed by atoms with van der Waals surface area (Å²) in [7, 11) is 0. The molecule has 11 aromatic carbocycles. The van der Waals surface area contributed by atoms with Gasteiger partial charge in [0.2, 0.25) is 0 Å². The first kappa shape index (κ1) is 47.8. The Morgan fingerprint density at radius 2 is 0.545 bits per heavy atom. The van der Waals surface area contributed by atoms with E-state index in [1.54, 1.807) is 0 Å². The Balaban J connectivity index is 1.09. The molecule has 0 unspecified atom stereocenters. The molecule has 2 heterocycles. The normalized spacial score (nSPS) is 12.7. The molecule has 2 nitrogen and oxygen atoms in total. The fourth-order valence-corrected chi connectivity index (χ4v) is 12.1. The van der Waals surface area contributed by atoms with Crippen LogP contribution in [0, 0.1) is 0 Å². The van der Waals surface area contributed by atoms with Crippen LogP contribution in [-0.2, 0) is 10.8 Å². The van der Waals surface area contributed by atoms with Crippen molar-refractivity contribution in [3.05, 3.63) is 272 Å². The standard InChI is InChI=1S/C74H61BN2/c1-73(2,3)56-42-36-52(37-43-56)58-26-13-15-28-60(58)54-40-46-68-64(48-54)75-65-49-55(61-29-16-14-27-59(61)53-38-44-57(45-39-53)74(4,5)6)41-47-69(65)77(67-33-20-18-31-63(67)51-24-11-8-12-25-51)71-35-21-34-70(72(71)75)76(68)66-32-19-17-30-62(66)50-22-9-7-10-23-50/h7-49H,1-6H3. The lowest BCUT2D eigenvalue weighted by Gasteiger charge is -2.45. The van der Waals surface area contributed by atoms with Gasteiger partial charge in [0.05, 0.1) is 11.4 Å². The second-order valence-corrected chi connectivity index (χ2v) is 22.9. The van der Waals surface area contributed by atoms with Gasteiger partial charge in [0.15, 0.2) is 0 Å². The van der Waals surface area contributed by atoms with Crippen molar-refractivity contribution < 1.29 is 0 Å². The molecule has 0 atom stereocenters. The van der Waals surface area contributed by atoms with E-state index in [-0.39, 0.29) is 17.5 Å². The van der Waals surface area contributed by atoms with Gasteiger partial charge in [0, 0.05) is 33.9 Å². The van der Waals surface area contributed by atoms with Crippen LogP contribution < -0.4 is 26.2 Å². The van der Waals surface area contributed by atoms with Gasteiger partial charge in [0.25, 0.3) is 6.71 Å². The van der Waals surface area contributed by atoms with Crippen LogP contribution in [0.2, 0.25) is 0 Å². The average molecular weight is 989 g/mol. The molecule has 77 heavy (non-hydrogen) atoms. The lowest BCUT2D eigenvalue weighted by atomic mass is 9.33. The molecule has 2 aliphatic rings. The predicted molar refractivity (Wildman–Crippen MR) is 330 cm³/mol. The molecule has 0 aromatic heterocycles. The van der Waals surface area contributed by atoms with Crippen LogP contribution in [0.5, 0.6) is 0 Å². The molecule has 0 radical (unpaired) electrons. The first-order valence-corrected chi connectivity index (χ1v) is 27.2. The van der Waals surface area contributed by atoms with Gasteiger partial charge in [-0.2, -0.15) is 0 Å². The lowest BCUT2D eigenvalue weighted by molar-refractivity contribution is 0.590. The highest BCUT2D eigenvalue weighted by atomic mass is 15.2. The Bertz CT molecular complexity index is 3740. The van der Waals surface area contributed by atoms with Gasteiger partial charge < -0.3 is 9.80 Å². The first-order chi connectivity index (χ1) is 37.5. The van der Waals surface area contributed by atoms with Gasteiger partial charge in [-0.15, -0.1) is 0 Å². The van der Waals surface area contributed by atoms with E-state index >= 15 is 0 Å². The van der Waals surface area contributed by atoms with Gasteiger partial charge in [0.1, 0.15) is 0 Å². The van der Waals surface area contributed by atoms with E-state index < -0.39 is 0 Å². The molecule has 13 rings (SSSR count). The summed E-state index contributed by atoms with van der Waals surface area (Å²) < 4.78 is 0. The van der Waals surface area contributed by atoms with Crippen molar-refractivity contribution >= 4 is 57.2 Å². The minimum Gasteiger partial charge on any atom is -0.311 e. The molecular weight excluding hydrogens is 928 g/mol. The van der Waals surface area contributed by atoms with Gasteiger partial charge in [-0.25, -0.2) is 0 Å². The zero-order valence-corrected chi connectivity index (χ0v) is 44.8. The van der Waals surface area contributed by atoms with Crippen LogP contribution in [0.3, 0.4) is 0 Å². The van der Waals surface area contributed by atoms with Gasteiger partial charge in [-0.1, -0.05) is 266 Å². The molecule has 0 fully saturated rings. The number of fused-ring (bicyclic) bond motifs is 4. The van der Waals surface area contributed by atoms with Crippen molar-refractivity contribution in [2.45, 2.75) is 52.4 Å². The maximum Gasteiger partial charge on any atom is 0.252 e. The van der Waals surface area contributed by atoms with Crippen molar-refractivity contribution in [2.24, 2.45) is 0 Å². The zero-order chi connectivity index (χ0) is 52.4.